The van der Waals surface area contributed by atoms with E-state index < -0.39 is 0 Å². The van der Waals surface area contributed by atoms with Gasteiger partial charge >= 0.3 is 11.9 Å². The number of cyclic esters (lactones) is 1. The van der Waals surface area contributed by atoms with Gasteiger partial charge < -0.3 is 9.47 Å². The average Bonchev–Trinajstić information content (AvgIpc) is 2.26. The summed E-state index contributed by atoms with van der Waals surface area (Å²) >= 11 is 0. The van der Waals surface area contributed by atoms with E-state index in [1.165, 1.54) is 0 Å². The minimum Gasteiger partial charge on any atom is -0.466 e. The Labute approximate surface area is 103 Å². The molecule has 1 aliphatic heterocycles. The molecule has 3 atom stereocenters. The molecule has 4 heteroatoms. The van der Waals surface area contributed by atoms with Gasteiger partial charge in [-0.3, -0.25) is 9.59 Å². The summed E-state index contributed by atoms with van der Waals surface area (Å²) in [7, 11) is 0. The van der Waals surface area contributed by atoms with E-state index in [1.807, 2.05) is 20.8 Å². The third kappa shape index (κ3) is 3.20. The fourth-order valence-electron chi connectivity index (χ4n) is 2.19. The number of esters is 2. The van der Waals surface area contributed by atoms with Gasteiger partial charge in [0.2, 0.25) is 0 Å². The predicted octanol–water partition coefficient (Wildman–Crippen LogP) is 2.16. The van der Waals surface area contributed by atoms with Crippen molar-refractivity contribution in [2.45, 2.75) is 46.6 Å². The molecule has 0 unspecified atom stereocenters. The molecule has 0 N–H and O–H groups in total. The molecule has 0 aliphatic carbocycles. The Morgan fingerprint density at radius 3 is 2.47 bits per heavy atom. The molecule has 1 fully saturated rings. The summed E-state index contributed by atoms with van der Waals surface area (Å²) in [6, 6.07) is 0. The van der Waals surface area contributed by atoms with Crippen LogP contribution in [0, 0.1) is 17.8 Å². The smallest absolute Gasteiger partial charge is 0.313 e. The lowest BCUT2D eigenvalue weighted by Crippen LogP contribution is -2.49. The molecule has 0 aromatic carbocycles. The Kier molecular flexibility index (Phi) is 4.97. The van der Waals surface area contributed by atoms with Crippen molar-refractivity contribution in [2.75, 3.05) is 6.61 Å². The van der Waals surface area contributed by atoms with Gasteiger partial charge in [0, 0.05) is 0 Å². The van der Waals surface area contributed by atoms with Crippen molar-refractivity contribution < 1.29 is 19.1 Å². The summed E-state index contributed by atoms with van der Waals surface area (Å²) in [5, 5.41) is 0. The van der Waals surface area contributed by atoms with Crippen LogP contribution in [0.4, 0.5) is 0 Å². The molecule has 4 nitrogen and oxygen atoms in total. The van der Waals surface area contributed by atoms with Crippen LogP contribution in [0.3, 0.4) is 0 Å². The fourth-order valence-corrected chi connectivity index (χ4v) is 2.19. The quantitative estimate of drug-likeness (QED) is 0.670. The summed E-state index contributed by atoms with van der Waals surface area (Å²) in [5.41, 5.74) is 0. The zero-order valence-electron chi connectivity index (χ0n) is 11.1. The van der Waals surface area contributed by atoms with Crippen LogP contribution in [-0.4, -0.2) is 24.6 Å². The molecule has 1 heterocycles. The summed E-state index contributed by atoms with van der Waals surface area (Å²) in [5.74, 6) is -0.389. The highest BCUT2D eigenvalue weighted by Crippen LogP contribution is 2.34. The lowest BCUT2D eigenvalue weighted by atomic mass is 9.81. The lowest BCUT2D eigenvalue weighted by Gasteiger charge is -2.39. The topological polar surface area (TPSA) is 52.6 Å². The van der Waals surface area contributed by atoms with E-state index in [4.69, 9.17) is 9.47 Å². The van der Waals surface area contributed by atoms with Crippen LogP contribution in [0.15, 0.2) is 0 Å². The highest BCUT2D eigenvalue weighted by atomic mass is 16.6. The predicted molar refractivity (Wildman–Crippen MR) is 63.2 cm³/mol. The molecule has 17 heavy (non-hydrogen) atoms. The first kappa shape index (κ1) is 14.0. The van der Waals surface area contributed by atoms with Gasteiger partial charge in [-0.1, -0.05) is 20.8 Å². The van der Waals surface area contributed by atoms with E-state index >= 15 is 0 Å². The summed E-state index contributed by atoms with van der Waals surface area (Å²) < 4.78 is 10.1. The van der Waals surface area contributed by atoms with Crippen molar-refractivity contribution in [3.63, 3.8) is 0 Å². The van der Waals surface area contributed by atoms with Crippen molar-refractivity contribution in [3.05, 3.63) is 0 Å². The lowest BCUT2D eigenvalue weighted by molar-refractivity contribution is -0.192. The van der Waals surface area contributed by atoms with Crippen molar-refractivity contribution in [1.29, 1.82) is 0 Å². The zero-order chi connectivity index (χ0) is 13.0. The number of hydrogen-bond acceptors (Lipinski definition) is 4. The Bertz CT molecular complexity index is 285. The number of ether oxygens (including phenoxy) is 2. The maximum absolute atomic E-state index is 11.7. The first-order valence-corrected chi connectivity index (χ1v) is 6.38. The Morgan fingerprint density at radius 2 is 2.06 bits per heavy atom. The van der Waals surface area contributed by atoms with E-state index in [1.54, 1.807) is 6.92 Å². The van der Waals surface area contributed by atoms with Gasteiger partial charge in [-0.05, 0) is 25.7 Å². The number of rotatable bonds is 6. The second-order valence-corrected chi connectivity index (χ2v) is 4.84. The Morgan fingerprint density at radius 1 is 1.41 bits per heavy atom. The molecule has 0 radical (unpaired) electrons. The van der Waals surface area contributed by atoms with Gasteiger partial charge in [0.15, 0.2) is 0 Å². The van der Waals surface area contributed by atoms with Crippen LogP contribution in [0.5, 0.6) is 0 Å². The molecule has 0 aromatic heterocycles. The summed E-state index contributed by atoms with van der Waals surface area (Å²) in [6.45, 7) is 8.16. The molecule has 0 spiro atoms. The first-order chi connectivity index (χ1) is 8.01. The number of carbonyl (C=O) groups is 2. The molecular formula is C13H22O4. The van der Waals surface area contributed by atoms with Gasteiger partial charge in [-0.25, -0.2) is 0 Å². The van der Waals surface area contributed by atoms with Crippen molar-refractivity contribution in [3.8, 4) is 0 Å². The Balaban J connectivity index is 2.55. The highest BCUT2D eigenvalue weighted by molar-refractivity contribution is 5.80. The monoisotopic (exact) mass is 242 g/mol. The number of carbonyl (C=O) groups excluding carboxylic acids is 2. The molecule has 1 rings (SSSR count). The molecule has 0 saturated carbocycles. The van der Waals surface area contributed by atoms with E-state index in [0.29, 0.717) is 25.4 Å². The average molecular weight is 242 g/mol. The van der Waals surface area contributed by atoms with E-state index in [2.05, 4.69) is 0 Å². The van der Waals surface area contributed by atoms with Crippen LogP contribution in [0.25, 0.3) is 0 Å². The van der Waals surface area contributed by atoms with Crippen LogP contribution in [0.2, 0.25) is 0 Å². The van der Waals surface area contributed by atoms with Crippen LogP contribution in [-0.2, 0) is 19.1 Å². The fraction of sp³-hybridized carbons (Fsp3) is 0.846. The second-order valence-electron chi connectivity index (χ2n) is 4.84. The van der Waals surface area contributed by atoms with Crippen LogP contribution < -0.4 is 0 Å². The van der Waals surface area contributed by atoms with E-state index in [9.17, 15) is 9.59 Å². The van der Waals surface area contributed by atoms with Gasteiger partial charge in [0.05, 0.1) is 18.4 Å². The SMILES string of the molecule is CCOC(=O)[C@H](CC)C[C@@H]1C(=O)O[C@H]1C(C)C. The molecule has 98 valence electrons. The van der Waals surface area contributed by atoms with Gasteiger partial charge in [-0.2, -0.15) is 0 Å². The zero-order valence-corrected chi connectivity index (χ0v) is 11.1. The molecule has 0 aromatic rings. The largest absolute Gasteiger partial charge is 0.466 e. The minimum absolute atomic E-state index is 0.0361. The minimum atomic E-state index is -0.197. The molecule has 1 saturated heterocycles. The molecule has 0 bridgehead atoms. The maximum Gasteiger partial charge on any atom is 0.313 e. The summed E-state index contributed by atoms with van der Waals surface area (Å²) in [4.78, 5) is 23.1. The van der Waals surface area contributed by atoms with Crippen LogP contribution in [0.1, 0.15) is 40.5 Å². The Hall–Kier alpha value is -1.06. The molecule has 1 aliphatic rings. The van der Waals surface area contributed by atoms with Crippen molar-refractivity contribution >= 4 is 11.9 Å². The third-order valence-electron chi connectivity index (χ3n) is 3.26. The first-order valence-electron chi connectivity index (χ1n) is 6.38. The maximum atomic E-state index is 11.7. The third-order valence-corrected chi connectivity index (χ3v) is 3.26. The molecular weight excluding hydrogens is 220 g/mol. The standard InChI is InChI=1S/C13H22O4/c1-5-9(12(14)16-6-2)7-10-11(8(3)4)17-13(10)15/h8-11H,5-7H2,1-4H3/t9-,10+,11+/m1/s1. The van der Waals surface area contributed by atoms with Crippen LogP contribution >= 0.6 is 0 Å². The number of hydrogen-bond donors (Lipinski definition) is 0. The highest BCUT2D eigenvalue weighted by Gasteiger charge is 2.45. The van der Waals surface area contributed by atoms with Gasteiger partial charge in [0.1, 0.15) is 6.10 Å². The van der Waals surface area contributed by atoms with E-state index in [-0.39, 0.29) is 29.9 Å². The van der Waals surface area contributed by atoms with Gasteiger partial charge in [-0.15, -0.1) is 0 Å². The van der Waals surface area contributed by atoms with Gasteiger partial charge in [0.25, 0.3) is 0 Å². The van der Waals surface area contributed by atoms with Crippen molar-refractivity contribution in [2.24, 2.45) is 17.8 Å². The normalized spacial score (nSPS) is 25.1. The second kappa shape index (κ2) is 6.03. The molecule has 0 amide bonds. The van der Waals surface area contributed by atoms with Crippen molar-refractivity contribution in [1.82, 2.24) is 0 Å². The summed E-state index contributed by atoms with van der Waals surface area (Å²) in [6.07, 6.45) is 1.22. The van der Waals surface area contributed by atoms with E-state index in [0.717, 1.165) is 0 Å².